The van der Waals surface area contributed by atoms with Crippen LogP contribution < -0.4 is 10.6 Å². The molecule has 1 heterocycles. The van der Waals surface area contributed by atoms with E-state index in [1.807, 2.05) is 42.5 Å². The first-order valence-electron chi connectivity index (χ1n) is 11.7. The quantitative estimate of drug-likeness (QED) is 0.373. The van der Waals surface area contributed by atoms with Crippen LogP contribution in [-0.2, 0) is 4.79 Å². The van der Waals surface area contributed by atoms with Crippen LogP contribution in [0.5, 0.6) is 0 Å². The van der Waals surface area contributed by atoms with Crippen molar-refractivity contribution in [2.75, 3.05) is 5.32 Å². The summed E-state index contributed by atoms with van der Waals surface area (Å²) in [6.07, 6.45) is 8.40. The standard InChI is InChI=1S/C26H26BrN3O2S/c27-20-4-2-1-3-19(20)24-29-21-10-18(5-6-22(21)32-24)28-25(33)30-23(31)14-26-11-15-7-16(12-26)9-17(8-15)13-26/h1-6,10,15-17H,7-9,11-14H2,(H2,28,30,31,33). The molecule has 3 aromatic rings. The minimum atomic E-state index is 0.0354. The number of fused-ring (bicyclic) bond motifs is 1. The molecule has 0 spiro atoms. The molecule has 2 aromatic carbocycles. The molecule has 0 unspecified atom stereocenters. The normalized spacial score (nSPS) is 27.6. The number of carbonyl (C=O) groups is 1. The fourth-order valence-electron chi connectivity index (χ4n) is 6.94. The molecule has 170 valence electrons. The number of oxazole rings is 1. The van der Waals surface area contributed by atoms with Crippen LogP contribution in [0.1, 0.15) is 44.9 Å². The molecular formula is C26H26BrN3O2S. The monoisotopic (exact) mass is 523 g/mol. The Morgan fingerprint density at radius 2 is 1.79 bits per heavy atom. The van der Waals surface area contributed by atoms with Gasteiger partial charge in [0, 0.05) is 16.6 Å². The average Bonchev–Trinajstić information content (AvgIpc) is 3.15. The molecule has 7 rings (SSSR count). The number of aromatic nitrogens is 1. The van der Waals surface area contributed by atoms with Gasteiger partial charge in [-0.1, -0.05) is 12.1 Å². The Balaban J connectivity index is 1.11. The van der Waals surface area contributed by atoms with Gasteiger partial charge in [0.15, 0.2) is 10.7 Å². The predicted molar refractivity (Wildman–Crippen MR) is 137 cm³/mol. The van der Waals surface area contributed by atoms with Crippen LogP contribution in [0.2, 0.25) is 0 Å². The van der Waals surface area contributed by atoms with Gasteiger partial charge in [-0.3, -0.25) is 4.79 Å². The van der Waals surface area contributed by atoms with Crippen molar-refractivity contribution in [1.29, 1.82) is 0 Å². The number of rotatable bonds is 4. The molecule has 0 atom stereocenters. The predicted octanol–water partition coefficient (Wildman–Crippen LogP) is 6.68. The van der Waals surface area contributed by atoms with Crippen LogP contribution in [-0.4, -0.2) is 16.0 Å². The minimum Gasteiger partial charge on any atom is -0.436 e. The zero-order chi connectivity index (χ0) is 22.6. The highest BCUT2D eigenvalue weighted by atomic mass is 79.9. The van der Waals surface area contributed by atoms with E-state index in [0.29, 0.717) is 23.0 Å². The van der Waals surface area contributed by atoms with Crippen molar-refractivity contribution < 1.29 is 9.21 Å². The lowest BCUT2D eigenvalue weighted by Crippen LogP contribution is -2.48. The van der Waals surface area contributed by atoms with E-state index in [0.717, 1.165) is 39.0 Å². The Morgan fingerprint density at radius 1 is 1.09 bits per heavy atom. The lowest BCUT2D eigenvalue weighted by Gasteiger charge is -2.56. The maximum absolute atomic E-state index is 12.9. The third-order valence-corrected chi connectivity index (χ3v) is 8.60. The first-order valence-corrected chi connectivity index (χ1v) is 12.9. The van der Waals surface area contributed by atoms with E-state index in [1.165, 1.54) is 38.5 Å². The fourth-order valence-corrected chi connectivity index (χ4v) is 7.62. The Morgan fingerprint density at radius 3 is 2.48 bits per heavy atom. The summed E-state index contributed by atoms with van der Waals surface area (Å²) < 4.78 is 6.85. The lowest BCUT2D eigenvalue weighted by molar-refractivity contribution is -0.127. The summed E-state index contributed by atoms with van der Waals surface area (Å²) in [5.41, 5.74) is 3.30. The van der Waals surface area contributed by atoms with Gasteiger partial charge >= 0.3 is 0 Å². The number of nitrogens with zero attached hydrogens (tertiary/aromatic N) is 1. The molecule has 0 radical (unpaired) electrons. The topological polar surface area (TPSA) is 67.2 Å². The van der Waals surface area contributed by atoms with Crippen LogP contribution in [0.4, 0.5) is 5.69 Å². The molecule has 1 amide bonds. The summed E-state index contributed by atoms with van der Waals surface area (Å²) in [5.74, 6) is 3.10. The van der Waals surface area contributed by atoms with Crippen molar-refractivity contribution in [3.05, 3.63) is 46.9 Å². The molecule has 2 N–H and O–H groups in total. The smallest absolute Gasteiger partial charge is 0.228 e. The molecular weight excluding hydrogens is 498 g/mol. The Kier molecular flexibility index (Phi) is 5.29. The van der Waals surface area contributed by atoms with Gasteiger partial charge in [0.25, 0.3) is 0 Å². The van der Waals surface area contributed by atoms with Crippen molar-refractivity contribution in [2.45, 2.75) is 44.9 Å². The van der Waals surface area contributed by atoms with Gasteiger partial charge in [0.2, 0.25) is 11.8 Å². The second-order valence-electron chi connectivity index (χ2n) is 10.3. The van der Waals surface area contributed by atoms with Gasteiger partial charge in [0.05, 0.1) is 5.56 Å². The fraction of sp³-hybridized carbons (Fsp3) is 0.423. The third-order valence-electron chi connectivity index (χ3n) is 7.70. The molecule has 4 bridgehead atoms. The summed E-state index contributed by atoms with van der Waals surface area (Å²) >= 11 is 9.00. The number of hydrogen-bond donors (Lipinski definition) is 2. The second kappa shape index (κ2) is 8.20. The van der Waals surface area contributed by atoms with Crippen LogP contribution >= 0.6 is 28.1 Å². The summed E-state index contributed by atoms with van der Waals surface area (Å²) in [6.45, 7) is 0. The first-order chi connectivity index (χ1) is 15.9. The summed E-state index contributed by atoms with van der Waals surface area (Å²) in [5, 5.41) is 6.40. The van der Waals surface area contributed by atoms with Gasteiger partial charge in [-0.2, -0.15) is 0 Å². The van der Waals surface area contributed by atoms with Crippen molar-refractivity contribution in [2.24, 2.45) is 23.2 Å². The number of amides is 1. The van der Waals surface area contributed by atoms with Gasteiger partial charge in [0.1, 0.15) is 5.52 Å². The van der Waals surface area contributed by atoms with Crippen molar-refractivity contribution in [3.8, 4) is 11.5 Å². The number of nitrogens with one attached hydrogen (secondary N) is 2. The van der Waals surface area contributed by atoms with E-state index in [1.54, 1.807) is 0 Å². The first kappa shape index (κ1) is 21.3. The molecule has 0 aliphatic heterocycles. The van der Waals surface area contributed by atoms with Crippen LogP contribution in [0.3, 0.4) is 0 Å². The number of halogens is 1. The van der Waals surface area contributed by atoms with E-state index in [4.69, 9.17) is 16.6 Å². The molecule has 4 saturated carbocycles. The third kappa shape index (κ3) is 4.21. The molecule has 5 nitrogen and oxygen atoms in total. The van der Waals surface area contributed by atoms with E-state index in [9.17, 15) is 4.79 Å². The minimum absolute atomic E-state index is 0.0354. The Labute approximate surface area is 206 Å². The number of benzene rings is 2. The zero-order valence-electron chi connectivity index (χ0n) is 18.3. The second-order valence-corrected chi connectivity index (χ2v) is 11.5. The van der Waals surface area contributed by atoms with E-state index in [-0.39, 0.29) is 11.3 Å². The highest BCUT2D eigenvalue weighted by Gasteiger charge is 2.51. The molecule has 7 heteroatoms. The van der Waals surface area contributed by atoms with Crippen molar-refractivity contribution in [1.82, 2.24) is 10.3 Å². The Hall–Kier alpha value is -2.25. The van der Waals surface area contributed by atoms with Gasteiger partial charge in [-0.15, -0.1) is 0 Å². The average molecular weight is 524 g/mol. The summed E-state index contributed by atoms with van der Waals surface area (Å²) in [6, 6.07) is 13.5. The summed E-state index contributed by atoms with van der Waals surface area (Å²) in [7, 11) is 0. The van der Waals surface area contributed by atoms with E-state index < -0.39 is 0 Å². The maximum atomic E-state index is 12.9. The van der Waals surface area contributed by atoms with Crippen molar-refractivity contribution >= 4 is 56.0 Å². The molecule has 0 saturated heterocycles. The van der Waals surface area contributed by atoms with Crippen molar-refractivity contribution in [3.63, 3.8) is 0 Å². The molecule has 33 heavy (non-hydrogen) atoms. The molecule has 4 aliphatic carbocycles. The molecule has 1 aromatic heterocycles. The maximum Gasteiger partial charge on any atom is 0.228 e. The largest absolute Gasteiger partial charge is 0.436 e. The van der Waals surface area contributed by atoms with Crippen LogP contribution in [0, 0.1) is 23.2 Å². The molecule has 4 aliphatic rings. The Bertz CT molecular complexity index is 1220. The van der Waals surface area contributed by atoms with Crippen LogP contribution in [0.25, 0.3) is 22.6 Å². The highest BCUT2D eigenvalue weighted by molar-refractivity contribution is 9.10. The number of thiocarbonyl (C=S) groups is 1. The number of hydrogen-bond acceptors (Lipinski definition) is 4. The van der Waals surface area contributed by atoms with E-state index in [2.05, 4.69) is 31.5 Å². The van der Waals surface area contributed by atoms with Gasteiger partial charge in [-0.25, -0.2) is 4.98 Å². The van der Waals surface area contributed by atoms with E-state index >= 15 is 0 Å². The zero-order valence-corrected chi connectivity index (χ0v) is 20.7. The number of carbonyl (C=O) groups excluding carboxylic acids is 1. The lowest BCUT2D eigenvalue weighted by atomic mass is 9.49. The highest BCUT2D eigenvalue weighted by Crippen LogP contribution is 2.61. The van der Waals surface area contributed by atoms with Gasteiger partial charge in [-0.05, 0) is 120 Å². The number of anilines is 1. The van der Waals surface area contributed by atoms with Gasteiger partial charge < -0.3 is 15.1 Å². The molecule has 4 fully saturated rings. The SMILES string of the molecule is O=C(CC12CC3CC(CC(C3)C1)C2)NC(=S)Nc1ccc2oc(-c3ccccc3Br)nc2c1. The van der Waals surface area contributed by atoms with Crippen LogP contribution in [0.15, 0.2) is 51.4 Å². The summed E-state index contributed by atoms with van der Waals surface area (Å²) in [4.78, 5) is 17.5.